The number of aromatic nitrogens is 1. The zero-order valence-corrected chi connectivity index (χ0v) is 10.2. The number of anilines is 1. The van der Waals surface area contributed by atoms with Gasteiger partial charge in [0.25, 0.3) is 0 Å². The van der Waals surface area contributed by atoms with Crippen LogP contribution in [0.2, 0.25) is 5.02 Å². The molecular weight excluding hydrogens is 210 g/mol. The lowest BCUT2D eigenvalue weighted by Gasteiger charge is -2.08. The monoisotopic (exact) mass is 227 g/mol. The van der Waals surface area contributed by atoms with Gasteiger partial charge in [-0.15, -0.1) is 0 Å². The van der Waals surface area contributed by atoms with Gasteiger partial charge in [0.05, 0.1) is 5.02 Å². The van der Waals surface area contributed by atoms with Crippen molar-refractivity contribution >= 4 is 17.4 Å². The first-order chi connectivity index (χ1) is 7.13. The molecule has 0 bridgehead atoms. The minimum Gasteiger partial charge on any atom is -0.372 e. The molecular formula is C11H18ClN3. The van der Waals surface area contributed by atoms with Crippen LogP contribution in [0.15, 0.2) is 12.3 Å². The molecule has 0 aromatic carbocycles. The van der Waals surface area contributed by atoms with Gasteiger partial charge in [-0.25, -0.2) is 4.98 Å². The minimum absolute atomic E-state index is 0.657. The number of rotatable bonds is 5. The zero-order chi connectivity index (χ0) is 11.3. The van der Waals surface area contributed by atoms with Crippen LogP contribution < -0.4 is 10.6 Å². The van der Waals surface area contributed by atoms with Crippen molar-refractivity contribution in [2.45, 2.75) is 20.4 Å². The van der Waals surface area contributed by atoms with E-state index in [9.17, 15) is 0 Å². The Labute approximate surface area is 96.2 Å². The van der Waals surface area contributed by atoms with Crippen molar-refractivity contribution < 1.29 is 0 Å². The third-order valence-electron chi connectivity index (χ3n) is 2.02. The average Bonchev–Trinajstić information content (AvgIpc) is 2.17. The molecule has 84 valence electrons. The number of hydrogen-bond donors (Lipinski definition) is 2. The van der Waals surface area contributed by atoms with E-state index in [2.05, 4.69) is 29.5 Å². The fourth-order valence-electron chi connectivity index (χ4n) is 1.26. The lowest BCUT2D eigenvalue weighted by atomic mass is 10.2. The quantitative estimate of drug-likeness (QED) is 0.812. The van der Waals surface area contributed by atoms with Crippen LogP contribution in [0.5, 0.6) is 0 Å². The van der Waals surface area contributed by atoms with E-state index in [0.717, 1.165) is 24.5 Å². The van der Waals surface area contributed by atoms with E-state index in [4.69, 9.17) is 11.6 Å². The molecule has 0 atom stereocenters. The molecule has 0 aliphatic heterocycles. The largest absolute Gasteiger partial charge is 0.372 e. The molecule has 0 fully saturated rings. The summed E-state index contributed by atoms with van der Waals surface area (Å²) in [5, 5.41) is 6.95. The number of hydrogen-bond acceptors (Lipinski definition) is 3. The van der Waals surface area contributed by atoms with Crippen molar-refractivity contribution in [2.24, 2.45) is 5.92 Å². The van der Waals surface area contributed by atoms with Crippen molar-refractivity contribution in [1.29, 1.82) is 0 Å². The fourth-order valence-corrected chi connectivity index (χ4v) is 1.55. The summed E-state index contributed by atoms with van der Waals surface area (Å²) in [5.74, 6) is 1.38. The van der Waals surface area contributed by atoms with Gasteiger partial charge in [-0.05, 0) is 24.1 Å². The van der Waals surface area contributed by atoms with Gasteiger partial charge < -0.3 is 10.6 Å². The predicted octanol–water partition coefficient (Wildman–Crippen LogP) is 2.52. The average molecular weight is 228 g/mol. The first-order valence-corrected chi connectivity index (χ1v) is 5.54. The summed E-state index contributed by atoms with van der Waals surface area (Å²) < 4.78 is 0. The van der Waals surface area contributed by atoms with Crippen molar-refractivity contribution in [3.05, 3.63) is 22.8 Å². The zero-order valence-electron chi connectivity index (χ0n) is 9.47. The van der Waals surface area contributed by atoms with Gasteiger partial charge in [0.2, 0.25) is 0 Å². The van der Waals surface area contributed by atoms with E-state index in [0.29, 0.717) is 10.9 Å². The molecule has 0 saturated carbocycles. The van der Waals surface area contributed by atoms with Gasteiger partial charge in [-0.1, -0.05) is 25.4 Å². The molecule has 3 nitrogen and oxygen atoms in total. The molecule has 1 rings (SSSR count). The predicted molar refractivity (Wildman–Crippen MR) is 65.3 cm³/mol. The van der Waals surface area contributed by atoms with E-state index in [1.54, 1.807) is 0 Å². The molecule has 0 amide bonds. The van der Waals surface area contributed by atoms with Crippen LogP contribution in [-0.4, -0.2) is 18.6 Å². The molecule has 0 radical (unpaired) electrons. The van der Waals surface area contributed by atoms with Crippen LogP contribution in [0.3, 0.4) is 0 Å². The molecule has 0 unspecified atom stereocenters. The van der Waals surface area contributed by atoms with E-state index in [-0.39, 0.29) is 0 Å². The van der Waals surface area contributed by atoms with E-state index < -0.39 is 0 Å². The molecule has 2 N–H and O–H groups in total. The first kappa shape index (κ1) is 12.3. The van der Waals surface area contributed by atoms with Gasteiger partial charge >= 0.3 is 0 Å². The minimum atomic E-state index is 0.657. The Morgan fingerprint density at radius 1 is 1.47 bits per heavy atom. The van der Waals surface area contributed by atoms with Crippen molar-refractivity contribution in [2.75, 3.05) is 18.9 Å². The molecule has 1 heterocycles. The molecule has 1 aromatic heterocycles. The Balaban J connectivity index is 2.52. The van der Waals surface area contributed by atoms with E-state index >= 15 is 0 Å². The molecule has 0 spiro atoms. The maximum atomic E-state index is 6.02. The van der Waals surface area contributed by atoms with Crippen molar-refractivity contribution in [3.8, 4) is 0 Å². The van der Waals surface area contributed by atoms with Gasteiger partial charge in [-0.2, -0.15) is 0 Å². The summed E-state index contributed by atoms with van der Waals surface area (Å²) in [6.45, 7) is 6.19. The maximum absolute atomic E-state index is 6.02. The first-order valence-electron chi connectivity index (χ1n) is 5.16. The number of nitrogens with zero attached hydrogens (tertiary/aromatic N) is 1. The van der Waals surface area contributed by atoms with Crippen molar-refractivity contribution in [3.63, 3.8) is 0 Å². The Bertz CT molecular complexity index is 313. The highest BCUT2D eigenvalue weighted by atomic mass is 35.5. The molecule has 0 saturated heterocycles. The van der Waals surface area contributed by atoms with Gasteiger partial charge in [0.1, 0.15) is 5.82 Å². The number of nitrogens with one attached hydrogen (secondary N) is 2. The smallest absolute Gasteiger partial charge is 0.144 e. The second-order valence-corrected chi connectivity index (χ2v) is 4.36. The fraction of sp³-hybridized carbons (Fsp3) is 0.545. The standard InChI is InChI=1S/C11H18ClN3/c1-8(2)5-14-6-9-4-10(12)11(13-3)15-7-9/h4,7-8,14H,5-6H2,1-3H3,(H,13,15). The topological polar surface area (TPSA) is 37.0 Å². The third-order valence-corrected chi connectivity index (χ3v) is 2.30. The second kappa shape index (κ2) is 5.93. The van der Waals surface area contributed by atoms with Crippen LogP contribution in [0.25, 0.3) is 0 Å². The Kier molecular flexibility index (Phi) is 4.85. The van der Waals surface area contributed by atoms with Crippen LogP contribution >= 0.6 is 11.6 Å². The highest BCUT2D eigenvalue weighted by Crippen LogP contribution is 2.19. The normalized spacial score (nSPS) is 10.7. The summed E-state index contributed by atoms with van der Waals surface area (Å²) in [6, 6.07) is 1.94. The summed E-state index contributed by atoms with van der Waals surface area (Å²) >= 11 is 6.02. The number of pyridine rings is 1. The second-order valence-electron chi connectivity index (χ2n) is 3.95. The SMILES string of the molecule is CNc1ncc(CNCC(C)C)cc1Cl. The highest BCUT2D eigenvalue weighted by Gasteiger charge is 2.01. The lowest BCUT2D eigenvalue weighted by molar-refractivity contribution is 0.552. The van der Waals surface area contributed by atoms with Crippen molar-refractivity contribution in [1.82, 2.24) is 10.3 Å². The lowest BCUT2D eigenvalue weighted by Crippen LogP contribution is -2.19. The summed E-state index contributed by atoms with van der Waals surface area (Å²) in [5.41, 5.74) is 1.11. The highest BCUT2D eigenvalue weighted by molar-refractivity contribution is 6.32. The molecule has 15 heavy (non-hydrogen) atoms. The summed E-state index contributed by atoms with van der Waals surface area (Å²) in [4.78, 5) is 4.21. The van der Waals surface area contributed by atoms with Crippen LogP contribution in [-0.2, 0) is 6.54 Å². The van der Waals surface area contributed by atoms with Gasteiger partial charge in [0.15, 0.2) is 0 Å². The number of halogens is 1. The van der Waals surface area contributed by atoms with E-state index in [1.807, 2.05) is 19.3 Å². The summed E-state index contributed by atoms with van der Waals surface area (Å²) in [7, 11) is 1.81. The van der Waals surface area contributed by atoms with Gasteiger partial charge in [0, 0.05) is 19.8 Å². The third kappa shape index (κ3) is 4.06. The Morgan fingerprint density at radius 3 is 2.73 bits per heavy atom. The van der Waals surface area contributed by atoms with Gasteiger partial charge in [-0.3, -0.25) is 0 Å². The Hall–Kier alpha value is -0.800. The molecule has 0 aliphatic carbocycles. The molecule has 1 aromatic rings. The maximum Gasteiger partial charge on any atom is 0.144 e. The molecule has 0 aliphatic rings. The van der Waals surface area contributed by atoms with Crippen LogP contribution in [0, 0.1) is 5.92 Å². The van der Waals surface area contributed by atoms with Crippen LogP contribution in [0.4, 0.5) is 5.82 Å². The van der Waals surface area contributed by atoms with E-state index in [1.165, 1.54) is 0 Å². The Morgan fingerprint density at radius 2 is 2.20 bits per heavy atom. The van der Waals surface area contributed by atoms with Crippen LogP contribution in [0.1, 0.15) is 19.4 Å². The molecule has 4 heteroatoms. The summed E-state index contributed by atoms with van der Waals surface area (Å²) in [6.07, 6.45) is 1.84.